The number of fused-ring (bicyclic) bond motifs is 3. The van der Waals surface area contributed by atoms with Crippen LogP contribution in [0.15, 0.2) is 66.7 Å². The zero-order valence-corrected chi connectivity index (χ0v) is 18.8. The molecule has 2 amide bonds. The Labute approximate surface area is 200 Å². The van der Waals surface area contributed by atoms with E-state index in [1.165, 1.54) is 13.2 Å². The number of carboxylic acid groups (broad SMARTS) is 1. The highest BCUT2D eigenvalue weighted by Gasteiger charge is 2.29. The fraction of sp³-hybridized carbons (Fsp3) is 0.192. The number of carboxylic acids is 1. The van der Waals surface area contributed by atoms with Gasteiger partial charge in [0.25, 0.3) is 5.91 Å². The largest absolute Gasteiger partial charge is 0.480 e. The molecule has 0 heterocycles. The molecule has 0 spiro atoms. The minimum Gasteiger partial charge on any atom is -0.480 e. The average molecular weight is 478 g/mol. The lowest BCUT2D eigenvalue weighted by atomic mass is 9.98. The van der Waals surface area contributed by atoms with Gasteiger partial charge in [0.1, 0.15) is 12.4 Å². The number of aliphatic carboxylic acids is 1. The summed E-state index contributed by atoms with van der Waals surface area (Å²) in [6.07, 6.45) is -0.834. The van der Waals surface area contributed by atoms with E-state index in [1.807, 2.05) is 48.5 Å². The van der Waals surface area contributed by atoms with Crippen LogP contribution in [0.4, 0.5) is 14.9 Å². The Morgan fingerprint density at radius 1 is 1.00 bits per heavy atom. The van der Waals surface area contributed by atoms with E-state index in [1.54, 1.807) is 0 Å². The first-order chi connectivity index (χ1) is 16.9. The molecule has 0 aromatic heterocycles. The number of hydrogen-bond acceptors (Lipinski definition) is 5. The third-order valence-corrected chi connectivity index (χ3v) is 5.74. The molecular formula is C26H23FN2O6. The number of methoxy groups -OCH3 is 1. The van der Waals surface area contributed by atoms with Gasteiger partial charge in [-0.05, 0) is 40.5 Å². The van der Waals surface area contributed by atoms with Gasteiger partial charge in [0, 0.05) is 13.0 Å². The summed E-state index contributed by atoms with van der Waals surface area (Å²) < 4.78 is 24.1. The highest BCUT2D eigenvalue weighted by molar-refractivity contribution is 6.03. The van der Waals surface area contributed by atoms with Crippen molar-refractivity contribution in [2.75, 3.05) is 25.6 Å². The zero-order chi connectivity index (χ0) is 24.9. The SMILES string of the molecule is COC[C@H](NC(=O)c1cc(F)ccc1NC(=O)OCC1c2ccccc2-c2ccccc21)C(=O)O. The lowest BCUT2D eigenvalue weighted by Gasteiger charge is -2.17. The fourth-order valence-electron chi connectivity index (χ4n) is 4.14. The molecule has 3 aromatic rings. The Hall–Kier alpha value is -4.24. The van der Waals surface area contributed by atoms with Crippen LogP contribution in [0.1, 0.15) is 27.4 Å². The quantitative estimate of drug-likeness (QED) is 0.451. The van der Waals surface area contributed by atoms with Crippen LogP contribution in [-0.4, -0.2) is 49.4 Å². The topological polar surface area (TPSA) is 114 Å². The van der Waals surface area contributed by atoms with Crippen LogP contribution in [-0.2, 0) is 14.3 Å². The number of rotatable bonds is 8. The molecule has 1 atom stereocenters. The number of benzene rings is 3. The summed E-state index contributed by atoms with van der Waals surface area (Å²) in [6, 6.07) is 17.6. The molecule has 0 bridgehead atoms. The summed E-state index contributed by atoms with van der Waals surface area (Å²) in [5.74, 6) is -3.09. The first kappa shape index (κ1) is 23.9. The number of carbonyl (C=O) groups excluding carboxylic acids is 2. The Morgan fingerprint density at radius 3 is 2.23 bits per heavy atom. The van der Waals surface area contributed by atoms with E-state index in [0.29, 0.717) is 0 Å². The number of hydrogen-bond donors (Lipinski definition) is 3. The van der Waals surface area contributed by atoms with Crippen LogP contribution in [0.5, 0.6) is 0 Å². The van der Waals surface area contributed by atoms with Gasteiger partial charge < -0.3 is 19.9 Å². The number of amides is 2. The van der Waals surface area contributed by atoms with Crippen molar-refractivity contribution in [2.24, 2.45) is 0 Å². The van der Waals surface area contributed by atoms with Crippen LogP contribution >= 0.6 is 0 Å². The van der Waals surface area contributed by atoms with Crippen molar-refractivity contribution in [2.45, 2.75) is 12.0 Å². The maximum Gasteiger partial charge on any atom is 0.411 e. The van der Waals surface area contributed by atoms with Crippen LogP contribution in [0.3, 0.4) is 0 Å². The van der Waals surface area contributed by atoms with Gasteiger partial charge in [-0.3, -0.25) is 10.1 Å². The third kappa shape index (κ3) is 5.15. The highest BCUT2D eigenvalue weighted by Crippen LogP contribution is 2.44. The van der Waals surface area contributed by atoms with E-state index < -0.39 is 29.8 Å². The maximum atomic E-state index is 13.9. The summed E-state index contributed by atoms with van der Waals surface area (Å²) >= 11 is 0. The first-order valence-corrected chi connectivity index (χ1v) is 10.8. The molecular weight excluding hydrogens is 455 g/mol. The van der Waals surface area contributed by atoms with Crippen LogP contribution in [0, 0.1) is 5.82 Å². The molecule has 0 aliphatic heterocycles. The van der Waals surface area contributed by atoms with Gasteiger partial charge in [-0.15, -0.1) is 0 Å². The van der Waals surface area contributed by atoms with Gasteiger partial charge in [0.15, 0.2) is 6.04 Å². The van der Waals surface area contributed by atoms with Crippen molar-refractivity contribution in [1.82, 2.24) is 5.32 Å². The van der Waals surface area contributed by atoms with E-state index in [4.69, 9.17) is 9.47 Å². The molecule has 8 nitrogen and oxygen atoms in total. The molecule has 1 aliphatic carbocycles. The molecule has 180 valence electrons. The summed E-state index contributed by atoms with van der Waals surface area (Å²) in [6.45, 7) is -0.233. The van der Waals surface area contributed by atoms with Gasteiger partial charge in [0.2, 0.25) is 0 Å². The number of carbonyl (C=O) groups is 3. The summed E-state index contributed by atoms with van der Waals surface area (Å²) in [4.78, 5) is 36.6. The van der Waals surface area contributed by atoms with E-state index in [0.717, 1.165) is 34.4 Å². The molecule has 4 rings (SSSR count). The monoisotopic (exact) mass is 478 g/mol. The zero-order valence-electron chi connectivity index (χ0n) is 18.8. The molecule has 0 saturated carbocycles. The van der Waals surface area contributed by atoms with Crippen molar-refractivity contribution >= 4 is 23.7 Å². The number of ether oxygens (including phenoxy) is 2. The van der Waals surface area contributed by atoms with Crippen molar-refractivity contribution < 1.29 is 33.4 Å². The predicted molar refractivity (Wildman–Crippen MR) is 126 cm³/mol. The highest BCUT2D eigenvalue weighted by atomic mass is 19.1. The smallest absolute Gasteiger partial charge is 0.411 e. The van der Waals surface area contributed by atoms with Crippen LogP contribution < -0.4 is 10.6 Å². The third-order valence-electron chi connectivity index (χ3n) is 5.74. The normalized spacial score (nSPS) is 12.9. The standard InChI is InChI=1S/C26H23FN2O6/c1-34-14-23(25(31)32)28-24(30)20-12-15(27)10-11-22(20)29-26(33)35-13-21-18-8-4-2-6-16(18)17-7-3-5-9-19(17)21/h2-12,21,23H,13-14H2,1H3,(H,28,30)(H,29,33)(H,31,32)/t23-/m0/s1. The van der Waals surface area contributed by atoms with Crippen molar-refractivity contribution in [3.8, 4) is 11.1 Å². The van der Waals surface area contributed by atoms with Crippen LogP contribution in [0.2, 0.25) is 0 Å². The molecule has 3 N–H and O–H groups in total. The fourth-order valence-corrected chi connectivity index (χ4v) is 4.14. The Morgan fingerprint density at radius 2 is 1.63 bits per heavy atom. The second-order valence-electron chi connectivity index (χ2n) is 7.96. The molecule has 0 radical (unpaired) electrons. The number of halogens is 1. The van der Waals surface area contributed by atoms with Gasteiger partial charge >= 0.3 is 12.1 Å². The average Bonchev–Trinajstić information content (AvgIpc) is 3.17. The molecule has 0 fully saturated rings. The number of nitrogens with one attached hydrogen (secondary N) is 2. The molecule has 9 heteroatoms. The maximum absolute atomic E-state index is 13.9. The van der Waals surface area contributed by atoms with Crippen molar-refractivity contribution in [3.63, 3.8) is 0 Å². The van der Waals surface area contributed by atoms with Crippen LogP contribution in [0.25, 0.3) is 11.1 Å². The van der Waals surface area contributed by atoms with Gasteiger partial charge in [-0.25, -0.2) is 14.0 Å². The summed E-state index contributed by atoms with van der Waals surface area (Å²) in [5.41, 5.74) is 3.98. The minimum atomic E-state index is -1.35. The molecule has 3 aromatic carbocycles. The van der Waals surface area contributed by atoms with E-state index >= 15 is 0 Å². The lowest BCUT2D eigenvalue weighted by Crippen LogP contribution is -2.44. The van der Waals surface area contributed by atoms with E-state index in [-0.39, 0.29) is 30.4 Å². The van der Waals surface area contributed by atoms with Crippen molar-refractivity contribution in [1.29, 1.82) is 0 Å². The van der Waals surface area contributed by atoms with Gasteiger partial charge in [-0.2, -0.15) is 0 Å². The minimum absolute atomic E-state index is 0.0253. The number of anilines is 1. The molecule has 0 saturated heterocycles. The second-order valence-corrected chi connectivity index (χ2v) is 7.96. The van der Waals surface area contributed by atoms with Gasteiger partial charge in [-0.1, -0.05) is 48.5 Å². The predicted octanol–water partition coefficient (Wildman–Crippen LogP) is 4.02. The summed E-state index contributed by atoms with van der Waals surface area (Å²) in [5, 5.41) is 13.9. The first-order valence-electron chi connectivity index (χ1n) is 10.8. The van der Waals surface area contributed by atoms with E-state index in [2.05, 4.69) is 10.6 Å². The molecule has 0 unspecified atom stereocenters. The Bertz CT molecular complexity index is 1230. The van der Waals surface area contributed by atoms with Gasteiger partial charge in [0.05, 0.1) is 17.9 Å². The Balaban J connectivity index is 1.48. The van der Waals surface area contributed by atoms with Crippen molar-refractivity contribution in [3.05, 3.63) is 89.2 Å². The lowest BCUT2D eigenvalue weighted by molar-refractivity contribution is -0.140. The molecule has 1 aliphatic rings. The second kappa shape index (κ2) is 10.4. The summed E-state index contributed by atoms with van der Waals surface area (Å²) in [7, 11) is 1.29. The Kier molecular flexibility index (Phi) is 7.07. The van der Waals surface area contributed by atoms with E-state index in [9.17, 15) is 23.9 Å². The molecule has 35 heavy (non-hydrogen) atoms.